The molecule has 1 heterocycles. The topological polar surface area (TPSA) is 104 Å². The summed E-state index contributed by atoms with van der Waals surface area (Å²) in [5.41, 5.74) is -0.417. The number of fused-ring (bicyclic) bond motifs is 1. The molecule has 0 fully saturated rings. The van der Waals surface area contributed by atoms with Gasteiger partial charge in [0.2, 0.25) is 13.1 Å². The molecule has 2 unspecified atom stereocenters. The maximum Gasteiger partial charge on any atom is 1.00 e. The summed E-state index contributed by atoms with van der Waals surface area (Å²) in [5.74, 6) is -1.40. The summed E-state index contributed by atoms with van der Waals surface area (Å²) < 4.78 is 16.3. The summed E-state index contributed by atoms with van der Waals surface area (Å²) in [6.07, 6.45) is -0.124. The monoisotopic (exact) mass is 379 g/mol. The zero-order chi connectivity index (χ0) is 18.9. The maximum atomic E-state index is 12.7. The number of imide groups is 1. The number of rotatable bonds is 6. The van der Waals surface area contributed by atoms with Gasteiger partial charge in [0.05, 0.1) is 11.1 Å². The fraction of sp³-hybridized carbons (Fsp3) is 0.167. The standard InChI is InChI=1S/C18H16NO6P.Li/c1-25-26(23,24)18(22)15(11-12-7-3-2-4-8-12)19-16(20)13-9-5-6-10-14(13)17(19)21;/h2-10,15H,11H2,1H3,(H,23,24);/q;+1/p-1. The molecule has 1 aliphatic rings. The van der Waals surface area contributed by atoms with Gasteiger partial charge in [-0.05, 0) is 17.7 Å². The first kappa shape index (κ1) is 21.3. The molecule has 0 aromatic heterocycles. The van der Waals surface area contributed by atoms with E-state index in [-0.39, 0.29) is 36.4 Å². The van der Waals surface area contributed by atoms with Crippen molar-refractivity contribution in [2.45, 2.75) is 12.5 Å². The van der Waals surface area contributed by atoms with Gasteiger partial charge in [-0.25, -0.2) is 0 Å². The molecule has 0 bridgehead atoms. The Morgan fingerprint density at radius 3 is 2.00 bits per heavy atom. The molecule has 0 N–H and O–H groups in total. The quantitative estimate of drug-likeness (QED) is 0.348. The minimum Gasteiger partial charge on any atom is -0.773 e. The maximum absolute atomic E-state index is 12.7. The summed E-state index contributed by atoms with van der Waals surface area (Å²) in [7, 11) is -4.02. The smallest absolute Gasteiger partial charge is 0.773 e. The number of hydrogen-bond donors (Lipinski definition) is 0. The number of carbonyl (C=O) groups excluding carboxylic acids is 3. The van der Waals surface area contributed by atoms with Crippen LogP contribution in [0.15, 0.2) is 54.6 Å². The van der Waals surface area contributed by atoms with Gasteiger partial charge in [0.1, 0.15) is 6.04 Å². The Bertz CT molecular complexity index is 897. The Balaban J connectivity index is 0.00000261. The van der Waals surface area contributed by atoms with Gasteiger partial charge < -0.3 is 14.0 Å². The molecule has 2 amide bonds. The van der Waals surface area contributed by atoms with Gasteiger partial charge in [-0.15, -0.1) is 0 Å². The van der Waals surface area contributed by atoms with Gasteiger partial charge in [0.15, 0.2) is 0 Å². The molecule has 0 aliphatic carbocycles. The average molecular weight is 379 g/mol. The van der Waals surface area contributed by atoms with Crippen molar-refractivity contribution in [1.29, 1.82) is 0 Å². The Morgan fingerprint density at radius 2 is 1.52 bits per heavy atom. The van der Waals surface area contributed by atoms with E-state index >= 15 is 0 Å². The van der Waals surface area contributed by atoms with Gasteiger partial charge >= 0.3 is 18.9 Å². The Hall–Kier alpha value is -2.00. The molecule has 0 spiro atoms. The molecule has 27 heavy (non-hydrogen) atoms. The molecule has 3 rings (SSSR count). The number of amides is 2. The predicted molar refractivity (Wildman–Crippen MR) is 90.5 cm³/mol. The predicted octanol–water partition coefficient (Wildman–Crippen LogP) is -1.38. The van der Waals surface area contributed by atoms with Crippen molar-refractivity contribution in [2.24, 2.45) is 0 Å². The van der Waals surface area contributed by atoms with E-state index in [4.69, 9.17) is 0 Å². The zero-order valence-corrected chi connectivity index (χ0v) is 15.7. The molecule has 9 heteroatoms. The molecule has 134 valence electrons. The number of nitrogens with zero attached hydrogens (tertiary/aromatic N) is 1. The van der Waals surface area contributed by atoms with Crippen LogP contribution < -0.4 is 23.8 Å². The van der Waals surface area contributed by atoms with E-state index in [0.29, 0.717) is 10.5 Å². The van der Waals surface area contributed by atoms with Gasteiger partial charge in [-0.2, -0.15) is 0 Å². The number of benzene rings is 2. The van der Waals surface area contributed by atoms with Crippen molar-refractivity contribution < 1.29 is 47.2 Å². The van der Waals surface area contributed by atoms with Crippen molar-refractivity contribution in [3.8, 4) is 0 Å². The van der Waals surface area contributed by atoms with E-state index in [1.807, 2.05) is 0 Å². The normalized spacial score (nSPS) is 16.3. The van der Waals surface area contributed by atoms with Crippen molar-refractivity contribution >= 4 is 24.9 Å². The Labute approximate surface area is 168 Å². The molecule has 2 atom stereocenters. The first-order valence-corrected chi connectivity index (χ1v) is 9.33. The van der Waals surface area contributed by atoms with Gasteiger partial charge in [-0.3, -0.25) is 19.3 Å². The molecule has 0 saturated heterocycles. The molecule has 2 aromatic rings. The van der Waals surface area contributed by atoms with E-state index in [1.165, 1.54) is 12.1 Å². The van der Waals surface area contributed by atoms with Gasteiger partial charge in [0.25, 0.3) is 11.8 Å². The van der Waals surface area contributed by atoms with Crippen LogP contribution in [-0.4, -0.2) is 35.4 Å². The summed E-state index contributed by atoms with van der Waals surface area (Å²) in [6, 6.07) is 13.2. The van der Waals surface area contributed by atoms with Gasteiger partial charge in [-0.1, -0.05) is 42.5 Å². The second-order valence-corrected chi connectivity index (χ2v) is 7.55. The molecular formula is C18H15LiNO6P. The molecule has 0 saturated carbocycles. The van der Waals surface area contributed by atoms with E-state index in [1.54, 1.807) is 42.5 Å². The second-order valence-electron chi connectivity index (χ2n) is 5.75. The van der Waals surface area contributed by atoms with Crippen LogP contribution in [0.4, 0.5) is 0 Å². The van der Waals surface area contributed by atoms with E-state index in [0.717, 1.165) is 7.11 Å². The van der Waals surface area contributed by atoms with Gasteiger partial charge in [0, 0.05) is 13.5 Å². The van der Waals surface area contributed by atoms with Crippen LogP contribution in [-0.2, 0) is 20.3 Å². The first-order valence-electron chi connectivity index (χ1n) is 7.79. The van der Waals surface area contributed by atoms with Crippen LogP contribution >= 0.6 is 7.60 Å². The van der Waals surface area contributed by atoms with Crippen LogP contribution in [0.5, 0.6) is 0 Å². The SMILES string of the molecule is COP(=O)([O-])C(=O)C(Cc1ccccc1)N1C(=O)c2ccccc2C1=O.[Li+]. The summed E-state index contributed by atoms with van der Waals surface area (Å²) >= 11 is 0. The van der Waals surface area contributed by atoms with Crippen LogP contribution in [0.3, 0.4) is 0 Å². The third-order valence-corrected chi connectivity index (χ3v) is 5.52. The third-order valence-electron chi connectivity index (χ3n) is 4.20. The van der Waals surface area contributed by atoms with Crippen LogP contribution in [0.1, 0.15) is 26.3 Å². The van der Waals surface area contributed by atoms with E-state index in [2.05, 4.69) is 4.52 Å². The third kappa shape index (κ3) is 3.98. The largest absolute Gasteiger partial charge is 1.00 e. The van der Waals surface area contributed by atoms with Crippen molar-refractivity contribution in [3.63, 3.8) is 0 Å². The van der Waals surface area contributed by atoms with Crippen LogP contribution in [0.2, 0.25) is 0 Å². The molecule has 2 aromatic carbocycles. The number of carbonyl (C=O) groups is 3. The van der Waals surface area contributed by atoms with E-state index < -0.39 is 31.0 Å². The first-order chi connectivity index (χ1) is 12.4. The number of hydrogen-bond acceptors (Lipinski definition) is 6. The Morgan fingerprint density at radius 1 is 1.04 bits per heavy atom. The molecule has 7 nitrogen and oxygen atoms in total. The second kappa shape index (κ2) is 8.35. The van der Waals surface area contributed by atoms with Crippen molar-refractivity contribution in [2.75, 3.05) is 7.11 Å². The Kier molecular flexibility index (Phi) is 6.58. The summed E-state index contributed by atoms with van der Waals surface area (Å²) in [5, 5.41) is 0. The minimum atomic E-state index is -4.89. The molecule has 1 aliphatic heterocycles. The molecular weight excluding hydrogens is 364 g/mol. The minimum absolute atomic E-state index is 0. The van der Waals surface area contributed by atoms with Crippen LogP contribution in [0.25, 0.3) is 0 Å². The zero-order valence-electron chi connectivity index (χ0n) is 14.8. The summed E-state index contributed by atoms with van der Waals surface area (Å²) in [6.45, 7) is 0. The van der Waals surface area contributed by atoms with Crippen molar-refractivity contribution in [1.82, 2.24) is 4.90 Å². The fourth-order valence-corrected chi connectivity index (χ4v) is 3.64. The van der Waals surface area contributed by atoms with Crippen LogP contribution in [0, 0.1) is 0 Å². The fourth-order valence-electron chi connectivity index (χ4n) is 2.89. The van der Waals surface area contributed by atoms with Crippen molar-refractivity contribution in [3.05, 3.63) is 71.3 Å². The average Bonchev–Trinajstić information content (AvgIpc) is 2.91. The van der Waals surface area contributed by atoms with E-state index in [9.17, 15) is 23.8 Å². The summed E-state index contributed by atoms with van der Waals surface area (Å²) in [4.78, 5) is 50.6. The molecule has 0 radical (unpaired) electrons.